The summed E-state index contributed by atoms with van der Waals surface area (Å²) in [6.45, 7) is 4.29. The van der Waals surface area contributed by atoms with Gasteiger partial charge in [0.1, 0.15) is 5.69 Å². The summed E-state index contributed by atoms with van der Waals surface area (Å²) in [6, 6.07) is 6.99. The van der Waals surface area contributed by atoms with Crippen molar-refractivity contribution in [3.05, 3.63) is 29.3 Å². The van der Waals surface area contributed by atoms with Crippen LogP contribution in [-0.4, -0.2) is 22.4 Å². The molecule has 1 aliphatic heterocycles. The predicted molar refractivity (Wildman–Crippen MR) is 71.3 cm³/mol. The lowest BCUT2D eigenvalue weighted by atomic mass is 10.2. The van der Waals surface area contributed by atoms with E-state index in [-0.39, 0.29) is 0 Å². The van der Waals surface area contributed by atoms with Crippen LogP contribution < -0.4 is 5.32 Å². The Balaban J connectivity index is 1.80. The van der Waals surface area contributed by atoms with E-state index in [0.29, 0.717) is 6.04 Å². The van der Waals surface area contributed by atoms with Crippen molar-refractivity contribution < 1.29 is 0 Å². The summed E-state index contributed by atoms with van der Waals surface area (Å²) in [6.07, 6.45) is 2.57. The second-order valence-electron chi connectivity index (χ2n) is 4.62. The fourth-order valence-electron chi connectivity index (χ4n) is 2.36. The van der Waals surface area contributed by atoms with Gasteiger partial charge < -0.3 is 5.32 Å². The standard InChI is InChI=1S/C13H17N3S/c1-10-8-12(13-5-3-7-17-13)15-16(10)9-11-4-2-6-14-11/h3,5,7-8,11,14H,2,4,6,9H2,1H3/t11-/m0/s1. The summed E-state index contributed by atoms with van der Waals surface area (Å²) in [5.74, 6) is 0. The minimum Gasteiger partial charge on any atom is -0.312 e. The van der Waals surface area contributed by atoms with E-state index in [0.717, 1.165) is 18.8 Å². The van der Waals surface area contributed by atoms with Crippen LogP contribution in [0.25, 0.3) is 10.6 Å². The van der Waals surface area contributed by atoms with Gasteiger partial charge in [-0.3, -0.25) is 4.68 Å². The normalized spacial score (nSPS) is 19.9. The summed E-state index contributed by atoms with van der Waals surface area (Å²) in [5.41, 5.74) is 2.36. The third-order valence-electron chi connectivity index (χ3n) is 3.31. The summed E-state index contributed by atoms with van der Waals surface area (Å²) in [5, 5.41) is 10.3. The largest absolute Gasteiger partial charge is 0.312 e. The quantitative estimate of drug-likeness (QED) is 0.903. The zero-order valence-corrected chi connectivity index (χ0v) is 10.8. The Morgan fingerprint density at radius 2 is 2.53 bits per heavy atom. The predicted octanol–water partition coefficient (Wildman–Crippen LogP) is 2.67. The fraction of sp³-hybridized carbons (Fsp3) is 0.462. The Kier molecular flexibility index (Phi) is 2.99. The molecule has 3 rings (SSSR count). The number of rotatable bonds is 3. The number of hydrogen-bond acceptors (Lipinski definition) is 3. The Morgan fingerprint density at radius 1 is 1.59 bits per heavy atom. The van der Waals surface area contributed by atoms with Crippen molar-refractivity contribution in [3.8, 4) is 10.6 Å². The zero-order chi connectivity index (χ0) is 11.7. The van der Waals surface area contributed by atoms with Crippen molar-refractivity contribution in [2.24, 2.45) is 0 Å². The lowest BCUT2D eigenvalue weighted by Crippen LogP contribution is -2.27. The Bertz CT molecular complexity index is 481. The summed E-state index contributed by atoms with van der Waals surface area (Å²) >= 11 is 1.75. The molecule has 17 heavy (non-hydrogen) atoms. The number of nitrogens with one attached hydrogen (secondary N) is 1. The highest BCUT2D eigenvalue weighted by atomic mass is 32.1. The molecule has 1 aliphatic rings. The van der Waals surface area contributed by atoms with E-state index in [1.165, 1.54) is 23.4 Å². The van der Waals surface area contributed by atoms with Gasteiger partial charge in [0.25, 0.3) is 0 Å². The van der Waals surface area contributed by atoms with E-state index in [2.05, 4.69) is 40.5 Å². The smallest absolute Gasteiger partial charge is 0.103 e. The molecule has 3 nitrogen and oxygen atoms in total. The molecule has 1 atom stereocenters. The summed E-state index contributed by atoms with van der Waals surface area (Å²) in [4.78, 5) is 1.26. The summed E-state index contributed by atoms with van der Waals surface area (Å²) < 4.78 is 2.14. The van der Waals surface area contributed by atoms with Crippen LogP contribution in [0.15, 0.2) is 23.6 Å². The number of aromatic nitrogens is 2. The number of nitrogens with zero attached hydrogens (tertiary/aromatic N) is 2. The lowest BCUT2D eigenvalue weighted by molar-refractivity contribution is 0.469. The fourth-order valence-corrected chi connectivity index (χ4v) is 3.04. The van der Waals surface area contributed by atoms with E-state index in [9.17, 15) is 0 Å². The minimum absolute atomic E-state index is 0.602. The molecule has 0 spiro atoms. The number of thiophene rings is 1. The van der Waals surface area contributed by atoms with Crippen molar-refractivity contribution >= 4 is 11.3 Å². The summed E-state index contributed by atoms with van der Waals surface area (Å²) in [7, 11) is 0. The van der Waals surface area contributed by atoms with E-state index in [1.807, 2.05) is 0 Å². The first kappa shape index (κ1) is 11.0. The third kappa shape index (κ3) is 2.28. The van der Waals surface area contributed by atoms with Gasteiger partial charge in [0.15, 0.2) is 0 Å². The molecule has 0 amide bonds. The lowest BCUT2D eigenvalue weighted by Gasteiger charge is -2.11. The maximum atomic E-state index is 4.70. The highest BCUT2D eigenvalue weighted by Crippen LogP contribution is 2.24. The maximum Gasteiger partial charge on any atom is 0.103 e. The van der Waals surface area contributed by atoms with Crippen LogP contribution >= 0.6 is 11.3 Å². The first-order valence-corrected chi connectivity index (χ1v) is 7.02. The first-order valence-electron chi connectivity index (χ1n) is 6.14. The Hall–Kier alpha value is -1.13. The molecule has 1 N–H and O–H groups in total. The molecule has 4 heteroatoms. The second kappa shape index (κ2) is 4.63. The molecule has 0 radical (unpaired) electrons. The molecular formula is C13H17N3S. The molecule has 1 fully saturated rings. The Morgan fingerprint density at radius 3 is 3.24 bits per heavy atom. The average Bonchev–Trinajstić information content (AvgIpc) is 3.02. The van der Waals surface area contributed by atoms with Crippen molar-refractivity contribution in [3.63, 3.8) is 0 Å². The maximum absolute atomic E-state index is 4.70. The van der Waals surface area contributed by atoms with Crippen molar-refractivity contribution in [2.45, 2.75) is 32.4 Å². The second-order valence-corrected chi connectivity index (χ2v) is 5.57. The Labute approximate surface area is 105 Å². The molecule has 2 aromatic rings. The van der Waals surface area contributed by atoms with Crippen LogP contribution in [0, 0.1) is 6.92 Å². The van der Waals surface area contributed by atoms with Crippen molar-refractivity contribution in [1.29, 1.82) is 0 Å². The monoisotopic (exact) mass is 247 g/mol. The molecule has 90 valence electrons. The van der Waals surface area contributed by atoms with Crippen LogP contribution in [-0.2, 0) is 6.54 Å². The van der Waals surface area contributed by atoms with Gasteiger partial charge in [-0.25, -0.2) is 0 Å². The number of aryl methyl sites for hydroxylation is 1. The first-order chi connectivity index (χ1) is 8.33. The van der Waals surface area contributed by atoms with Gasteiger partial charge in [-0.15, -0.1) is 11.3 Å². The molecule has 0 bridgehead atoms. The molecule has 2 aromatic heterocycles. The molecule has 0 aliphatic carbocycles. The van der Waals surface area contributed by atoms with Gasteiger partial charge in [-0.05, 0) is 43.8 Å². The van der Waals surface area contributed by atoms with Crippen LogP contribution in [0.1, 0.15) is 18.5 Å². The van der Waals surface area contributed by atoms with E-state index >= 15 is 0 Å². The van der Waals surface area contributed by atoms with Gasteiger partial charge in [-0.1, -0.05) is 6.07 Å². The van der Waals surface area contributed by atoms with Crippen LogP contribution in [0.4, 0.5) is 0 Å². The molecular weight excluding hydrogens is 230 g/mol. The number of hydrogen-bond donors (Lipinski definition) is 1. The minimum atomic E-state index is 0.602. The van der Waals surface area contributed by atoms with Crippen LogP contribution in [0.5, 0.6) is 0 Å². The van der Waals surface area contributed by atoms with Gasteiger partial charge in [0.2, 0.25) is 0 Å². The van der Waals surface area contributed by atoms with Gasteiger partial charge >= 0.3 is 0 Å². The molecule has 0 unspecified atom stereocenters. The SMILES string of the molecule is Cc1cc(-c2cccs2)nn1C[C@@H]1CCCN1. The van der Waals surface area contributed by atoms with E-state index in [4.69, 9.17) is 5.10 Å². The highest BCUT2D eigenvalue weighted by Gasteiger charge is 2.16. The molecule has 3 heterocycles. The topological polar surface area (TPSA) is 29.9 Å². The average molecular weight is 247 g/mol. The van der Waals surface area contributed by atoms with E-state index in [1.54, 1.807) is 11.3 Å². The van der Waals surface area contributed by atoms with Crippen molar-refractivity contribution in [1.82, 2.24) is 15.1 Å². The highest BCUT2D eigenvalue weighted by molar-refractivity contribution is 7.13. The van der Waals surface area contributed by atoms with Gasteiger partial charge in [0.05, 0.1) is 11.4 Å². The van der Waals surface area contributed by atoms with E-state index < -0.39 is 0 Å². The van der Waals surface area contributed by atoms with Gasteiger partial charge in [0, 0.05) is 11.7 Å². The zero-order valence-electron chi connectivity index (χ0n) is 10.0. The van der Waals surface area contributed by atoms with Crippen LogP contribution in [0.2, 0.25) is 0 Å². The molecule has 0 saturated carbocycles. The van der Waals surface area contributed by atoms with Crippen LogP contribution in [0.3, 0.4) is 0 Å². The van der Waals surface area contributed by atoms with Gasteiger partial charge in [-0.2, -0.15) is 5.10 Å². The van der Waals surface area contributed by atoms with Crippen molar-refractivity contribution in [2.75, 3.05) is 6.54 Å². The third-order valence-corrected chi connectivity index (χ3v) is 4.20. The molecule has 1 saturated heterocycles. The molecule has 0 aromatic carbocycles.